The molecule has 0 spiro atoms. The van der Waals surface area contributed by atoms with Gasteiger partial charge in [0.25, 0.3) is 0 Å². The van der Waals surface area contributed by atoms with Crippen LogP contribution in [0.4, 0.5) is 5.95 Å². The first-order valence-electron chi connectivity index (χ1n) is 9.36. The SMILES string of the molecule is CC1CCCC(C)N1CCNc1nnc2cc3c(cc2n1)CCC3. The molecular formula is C19H27N5. The molecule has 5 heteroatoms. The highest BCUT2D eigenvalue weighted by molar-refractivity contribution is 5.77. The Hall–Kier alpha value is -1.75. The largest absolute Gasteiger partial charge is 0.352 e. The normalized spacial score (nSPS) is 24.2. The van der Waals surface area contributed by atoms with Crippen molar-refractivity contribution < 1.29 is 0 Å². The lowest BCUT2D eigenvalue weighted by atomic mass is 9.98. The van der Waals surface area contributed by atoms with Crippen molar-refractivity contribution in [1.29, 1.82) is 0 Å². The first kappa shape index (κ1) is 15.8. The van der Waals surface area contributed by atoms with E-state index >= 15 is 0 Å². The van der Waals surface area contributed by atoms with Gasteiger partial charge in [0.15, 0.2) is 0 Å². The van der Waals surface area contributed by atoms with Crippen LogP contribution in [0.3, 0.4) is 0 Å². The lowest BCUT2D eigenvalue weighted by Gasteiger charge is -2.38. The van der Waals surface area contributed by atoms with Crippen molar-refractivity contribution >= 4 is 17.0 Å². The van der Waals surface area contributed by atoms with E-state index in [4.69, 9.17) is 0 Å². The fraction of sp³-hybridized carbons (Fsp3) is 0.632. The number of rotatable bonds is 4. The highest BCUT2D eigenvalue weighted by Crippen LogP contribution is 2.26. The minimum Gasteiger partial charge on any atom is -0.352 e. The fourth-order valence-corrected chi connectivity index (χ4v) is 4.29. The van der Waals surface area contributed by atoms with Gasteiger partial charge in [0.2, 0.25) is 5.95 Å². The molecule has 2 atom stereocenters. The Kier molecular flexibility index (Phi) is 4.35. The van der Waals surface area contributed by atoms with Crippen LogP contribution in [0, 0.1) is 0 Å². The van der Waals surface area contributed by atoms with E-state index < -0.39 is 0 Å². The van der Waals surface area contributed by atoms with Gasteiger partial charge in [-0.15, -0.1) is 10.2 Å². The van der Waals surface area contributed by atoms with Crippen LogP contribution in [-0.2, 0) is 12.8 Å². The first-order chi connectivity index (χ1) is 11.7. The van der Waals surface area contributed by atoms with Crippen molar-refractivity contribution in [2.45, 2.75) is 64.5 Å². The molecule has 1 saturated heterocycles. The lowest BCUT2D eigenvalue weighted by Crippen LogP contribution is -2.45. The second kappa shape index (κ2) is 6.63. The molecule has 0 amide bonds. The maximum absolute atomic E-state index is 4.67. The van der Waals surface area contributed by atoms with Gasteiger partial charge in [-0.2, -0.15) is 0 Å². The van der Waals surface area contributed by atoms with Crippen molar-refractivity contribution in [3.63, 3.8) is 0 Å². The van der Waals surface area contributed by atoms with E-state index in [9.17, 15) is 0 Å². The van der Waals surface area contributed by atoms with Crippen LogP contribution in [0.15, 0.2) is 12.1 Å². The van der Waals surface area contributed by atoms with Crippen LogP contribution in [0.1, 0.15) is 50.7 Å². The molecule has 0 saturated carbocycles. The average Bonchev–Trinajstić information content (AvgIpc) is 3.02. The maximum Gasteiger partial charge on any atom is 0.243 e. The van der Waals surface area contributed by atoms with Crippen LogP contribution in [0.5, 0.6) is 0 Å². The van der Waals surface area contributed by atoms with Crippen molar-refractivity contribution in [3.05, 3.63) is 23.3 Å². The summed E-state index contributed by atoms with van der Waals surface area (Å²) >= 11 is 0. The van der Waals surface area contributed by atoms with Gasteiger partial charge in [0.1, 0.15) is 5.52 Å². The van der Waals surface area contributed by atoms with Gasteiger partial charge in [0, 0.05) is 25.2 Å². The summed E-state index contributed by atoms with van der Waals surface area (Å²) in [6.07, 6.45) is 7.56. The monoisotopic (exact) mass is 325 g/mol. The number of anilines is 1. The van der Waals surface area contributed by atoms with Crippen molar-refractivity contribution in [2.24, 2.45) is 0 Å². The number of hydrogen-bond donors (Lipinski definition) is 1. The minimum absolute atomic E-state index is 0.651. The number of aryl methyl sites for hydroxylation is 2. The summed E-state index contributed by atoms with van der Waals surface area (Å²) in [5.74, 6) is 0.651. The summed E-state index contributed by atoms with van der Waals surface area (Å²) in [7, 11) is 0. The summed E-state index contributed by atoms with van der Waals surface area (Å²) in [6.45, 7) is 6.58. The van der Waals surface area contributed by atoms with E-state index in [1.807, 2.05) is 0 Å². The second-order valence-electron chi connectivity index (χ2n) is 7.39. The molecule has 0 bridgehead atoms. The third-order valence-corrected chi connectivity index (χ3v) is 5.70. The average molecular weight is 325 g/mol. The zero-order valence-corrected chi connectivity index (χ0v) is 14.8. The number of likely N-dealkylation sites (tertiary alicyclic amines) is 1. The van der Waals surface area contributed by atoms with Gasteiger partial charge in [-0.05, 0) is 69.2 Å². The van der Waals surface area contributed by atoms with E-state index in [2.05, 4.69) is 51.4 Å². The summed E-state index contributed by atoms with van der Waals surface area (Å²) in [5, 5.41) is 12.0. The van der Waals surface area contributed by atoms with Crippen LogP contribution >= 0.6 is 0 Å². The number of nitrogens with zero attached hydrogens (tertiary/aromatic N) is 4. The molecule has 5 nitrogen and oxygen atoms in total. The van der Waals surface area contributed by atoms with Crippen LogP contribution in [0.25, 0.3) is 11.0 Å². The van der Waals surface area contributed by atoms with Gasteiger partial charge >= 0.3 is 0 Å². The zero-order chi connectivity index (χ0) is 16.5. The van der Waals surface area contributed by atoms with Crippen LogP contribution < -0.4 is 5.32 Å². The molecule has 2 heterocycles. The van der Waals surface area contributed by atoms with Gasteiger partial charge in [-0.1, -0.05) is 6.42 Å². The fourth-order valence-electron chi connectivity index (χ4n) is 4.29. The van der Waals surface area contributed by atoms with Crippen molar-refractivity contribution in [2.75, 3.05) is 18.4 Å². The number of fused-ring (bicyclic) bond motifs is 2. The molecule has 1 aliphatic heterocycles. The van der Waals surface area contributed by atoms with Gasteiger partial charge in [-0.25, -0.2) is 4.98 Å². The molecule has 128 valence electrons. The number of piperidine rings is 1. The van der Waals surface area contributed by atoms with E-state index in [0.29, 0.717) is 18.0 Å². The van der Waals surface area contributed by atoms with E-state index in [1.165, 1.54) is 49.7 Å². The number of aromatic nitrogens is 3. The summed E-state index contributed by atoms with van der Waals surface area (Å²) in [5.41, 5.74) is 4.74. The first-order valence-corrected chi connectivity index (χ1v) is 9.36. The van der Waals surface area contributed by atoms with E-state index in [0.717, 1.165) is 24.1 Å². The zero-order valence-electron chi connectivity index (χ0n) is 14.8. The molecule has 1 N–H and O–H groups in total. The van der Waals surface area contributed by atoms with Gasteiger partial charge in [-0.3, -0.25) is 4.90 Å². The molecule has 0 radical (unpaired) electrons. The minimum atomic E-state index is 0.651. The molecule has 1 fully saturated rings. The summed E-state index contributed by atoms with van der Waals surface area (Å²) in [6, 6.07) is 5.72. The third kappa shape index (κ3) is 3.09. The Morgan fingerprint density at radius 1 is 1.00 bits per heavy atom. The van der Waals surface area contributed by atoms with Crippen LogP contribution in [0.2, 0.25) is 0 Å². The van der Waals surface area contributed by atoms with Crippen molar-refractivity contribution in [1.82, 2.24) is 20.1 Å². The van der Waals surface area contributed by atoms with Crippen LogP contribution in [-0.4, -0.2) is 45.3 Å². The molecule has 24 heavy (non-hydrogen) atoms. The predicted molar refractivity (Wildman–Crippen MR) is 97.3 cm³/mol. The smallest absolute Gasteiger partial charge is 0.243 e. The third-order valence-electron chi connectivity index (χ3n) is 5.70. The Bertz CT molecular complexity index is 719. The van der Waals surface area contributed by atoms with E-state index in [1.54, 1.807) is 0 Å². The number of nitrogens with one attached hydrogen (secondary N) is 1. The Morgan fingerprint density at radius 3 is 2.46 bits per heavy atom. The molecular weight excluding hydrogens is 298 g/mol. The second-order valence-corrected chi connectivity index (χ2v) is 7.39. The summed E-state index contributed by atoms with van der Waals surface area (Å²) < 4.78 is 0. The number of benzene rings is 1. The molecule has 1 aromatic carbocycles. The molecule has 1 aliphatic carbocycles. The van der Waals surface area contributed by atoms with E-state index in [-0.39, 0.29) is 0 Å². The Balaban J connectivity index is 1.42. The van der Waals surface area contributed by atoms with Gasteiger partial charge < -0.3 is 5.32 Å². The Labute approximate surface area is 143 Å². The lowest BCUT2D eigenvalue weighted by molar-refractivity contribution is 0.109. The molecule has 2 aromatic rings. The highest BCUT2D eigenvalue weighted by atomic mass is 15.3. The molecule has 4 rings (SSSR count). The van der Waals surface area contributed by atoms with Gasteiger partial charge in [0.05, 0.1) is 5.52 Å². The quantitative estimate of drug-likeness (QED) is 0.935. The molecule has 2 aliphatic rings. The highest BCUT2D eigenvalue weighted by Gasteiger charge is 2.23. The number of hydrogen-bond acceptors (Lipinski definition) is 5. The van der Waals surface area contributed by atoms with Crippen molar-refractivity contribution in [3.8, 4) is 0 Å². The predicted octanol–water partition coefficient (Wildman–Crippen LogP) is 3.19. The summed E-state index contributed by atoms with van der Waals surface area (Å²) in [4.78, 5) is 7.27. The topological polar surface area (TPSA) is 53.9 Å². The molecule has 1 aromatic heterocycles. The Morgan fingerprint density at radius 2 is 1.71 bits per heavy atom. The maximum atomic E-state index is 4.67. The molecule has 2 unspecified atom stereocenters. The standard InChI is InChI=1S/C19H27N5/c1-13-5-3-6-14(2)24(13)10-9-20-19-21-17-11-15-7-4-8-16(15)12-18(17)22-23-19/h11-14H,3-10H2,1-2H3,(H,20,21,23).